The summed E-state index contributed by atoms with van der Waals surface area (Å²) >= 11 is 0. The topological polar surface area (TPSA) is 72.8 Å². The van der Waals surface area contributed by atoms with Crippen LogP contribution >= 0.6 is 0 Å². The molecule has 92 valence electrons. The van der Waals surface area contributed by atoms with Crippen LogP contribution in [0.1, 0.15) is 24.2 Å². The van der Waals surface area contributed by atoms with E-state index in [9.17, 15) is 14.7 Å². The molecule has 0 saturated heterocycles. The minimum absolute atomic E-state index is 0.0788. The molecular weight excluding hydrogens is 224 g/mol. The summed E-state index contributed by atoms with van der Waals surface area (Å²) in [7, 11) is 0. The molecule has 1 aromatic rings. The lowest BCUT2D eigenvalue weighted by molar-refractivity contribution is -0.150. The average Bonchev–Trinajstić information content (AvgIpc) is 2.32. The van der Waals surface area contributed by atoms with Crippen molar-refractivity contribution in [1.82, 2.24) is 0 Å². The van der Waals surface area contributed by atoms with Gasteiger partial charge in [-0.05, 0) is 32.0 Å². The van der Waals surface area contributed by atoms with Gasteiger partial charge < -0.3 is 14.6 Å². The maximum Gasteiger partial charge on any atom is 0.347 e. The number of carbonyl (C=O) groups is 2. The zero-order valence-corrected chi connectivity index (χ0v) is 9.67. The normalized spacial score (nSPS) is 11.6. The van der Waals surface area contributed by atoms with E-state index in [2.05, 4.69) is 0 Å². The van der Waals surface area contributed by atoms with Gasteiger partial charge in [-0.25, -0.2) is 4.79 Å². The van der Waals surface area contributed by atoms with Gasteiger partial charge in [-0.3, -0.25) is 4.79 Å². The van der Waals surface area contributed by atoms with Gasteiger partial charge in [0.25, 0.3) is 0 Å². The van der Waals surface area contributed by atoms with E-state index in [1.807, 2.05) is 0 Å². The summed E-state index contributed by atoms with van der Waals surface area (Å²) < 4.78 is 9.98. The lowest BCUT2D eigenvalue weighted by Gasteiger charge is -2.14. The molecule has 1 unspecified atom stereocenters. The third-order valence-corrected chi connectivity index (χ3v) is 2.04. The number of hydrogen-bond acceptors (Lipinski definition) is 5. The monoisotopic (exact) mass is 238 g/mol. The fourth-order valence-electron chi connectivity index (χ4n) is 1.20. The number of esters is 1. The van der Waals surface area contributed by atoms with Gasteiger partial charge in [0.1, 0.15) is 6.29 Å². The molecule has 0 heterocycles. The molecule has 5 heteroatoms. The van der Waals surface area contributed by atoms with Crippen molar-refractivity contribution in [3.05, 3.63) is 23.8 Å². The molecule has 1 rings (SSSR count). The minimum Gasteiger partial charge on any atom is -0.504 e. The van der Waals surface area contributed by atoms with Crippen LogP contribution in [0.4, 0.5) is 0 Å². The number of benzene rings is 1. The first-order chi connectivity index (χ1) is 8.08. The molecule has 0 aliphatic heterocycles. The van der Waals surface area contributed by atoms with Crippen molar-refractivity contribution in [2.24, 2.45) is 0 Å². The van der Waals surface area contributed by atoms with Crippen molar-refractivity contribution in [2.75, 3.05) is 6.61 Å². The number of hydrogen-bond donors (Lipinski definition) is 1. The molecule has 1 atom stereocenters. The summed E-state index contributed by atoms with van der Waals surface area (Å²) in [5.41, 5.74) is 0.355. The van der Waals surface area contributed by atoms with Crippen molar-refractivity contribution < 1.29 is 24.2 Å². The molecule has 0 aromatic heterocycles. The van der Waals surface area contributed by atoms with Crippen LogP contribution < -0.4 is 4.74 Å². The number of aromatic hydroxyl groups is 1. The van der Waals surface area contributed by atoms with E-state index in [1.54, 1.807) is 6.92 Å². The maximum absolute atomic E-state index is 11.3. The van der Waals surface area contributed by atoms with Gasteiger partial charge in [-0.1, -0.05) is 0 Å². The molecule has 0 aliphatic carbocycles. The number of aldehydes is 1. The highest BCUT2D eigenvalue weighted by atomic mass is 16.6. The highest BCUT2D eigenvalue weighted by molar-refractivity contribution is 5.77. The van der Waals surface area contributed by atoms with E-state index in [4.69, 9.17) is 9.47 Å². The van der Waals surface area contributed by atoms with Gasteiger partial charge in [-0.15, -0.1) is 0 Å². The fraction of sp³-hybridized carbons (Fsp3) is 0.333. The van der Waals surface area contributed by atoms with Crippen LogP contribution in [-0.4, -0.2) is 30.1 Å². The Balaban J connectivity index is 2.79. The first-order valence-electron chi connectivity index (χ1n) is 5.20. The Morgan fingerprint density at radius 1 is 1.53 bits per heavy atom. The molecule has 5 nitrogen and oxygen atoms in total. The standard InChI is InChI=1S/C12H14O5/c1-3-16-12(15)8(2)17-11-6-9(7-13)4-5-10(11)14/h4-8,14H,3H2,1-2H3. The summed E-state index contributed by atoms with van der Waals surface area (Å²) in [6.07, 6.45) is -0.218. The van der Waals surface area contributed by atoms with E-state index in [-0.39, 0.29) is 18.1 Å². The SMILES string of the molecule is CCOC(=O)C(C)Oc1cc(C=O)ccc1O. The molecule has 0 aliphatic rings. The second-order valence-electron chi connectivity index (χ2n) is 3.36. The maximum atomic E-state index is 11.3. The quantitative estimate of drug-likeness (QED) is 0.622. The first-order valence-corrected chi connectivity index (χ1v) is 5.20. The first kappa shape index (κ1) is 13.0. The van der Waals surface area contributed by atoms with Gasteiger partial charge >= 0.3 is 5.97 Å². The van der Waals surface area contributed by atoms with Gasteiger partial charge in [-0.2, -0.15) is 0 Å². The van der Waals surface area contributed by atoms with Crippen LogP contribution in [0.2, 0.25) is 0 Å². The number of ether oxygens (including phenoxy) is 2. The van der Waals surface area contributed by atoms with Gasteiger partial charge in [0.05, 0.1) is 6.61 Å². The van der Waals surface area contributed by atoms with Crippen molar-refractivity contribution in [1.29, 1.82) is 0 Å². The van der Waals surface area contributed by atoms with Crippen molar-refractivity contribution in [3.63, 3.8) is 0 Å². The Hall–Kier alpha value is -2.04. The highest BCUT2D eigenvalue weighted by Crippen LogP contribution is 2.27. The Bertz CT molecular complexity index is 413. The molecule has 0 amide bonds. The largest absolute Gasteiger partial charge is 0.504 e. The summed E-state index contributed by atoms with van der Waals surface area (Å²) in [5.74, 6) is -0.578. The lowest BCUT2D eigenvalue weighted by atomic mass is 10.2. The second kappa shape index (κ2) is 5.89. The predicted octanol–water partition coefficient (Wildman–Crippen LogP) is 1.54. The van der Waals surface area contributed by atoms with Crippen LogP contribution in [-0.2, 0) is 9.53 Å². The Kier molecular flexibility index (Phi) is 4.51. The number of rotatable bonds is 5. The molecule has 0 fully saturated rings. The smallest absolute Gasteiger partial charge is 0.347 e. The molecule has 0 saturated carbocycles. The Morgan fingerprint density at radius 3 is 2.82 bits per heavy atom. The highest BCUT2D eigenvalue weighted by Gasteiger charge is 2.17. The third-order valence-electron chi connectivity index (χ3n) is 2.04. The summed E-state index contributed by atoms with van der Waals surface area (Å²) in [6, 6.07) is 4.14. The van der Waals surface area contributed by atoms with E-state index < -0.39 is 12.1 Å². The number of carbonyl (C=O) groups excluding carboxylic acids is 2. The number of phenolic OH excluding ortho intramolecular Hbond substituents is 1. The van der Waals surface area contributed by atoms with Crippen LogP contribution in [0.25, 0.3) is 0 Å². The van der Waals surface area contributed by atoms with Crippen LogP contribution in [0.5, 0.6) is 11.5 Å². The van der Waals surface area contributed by atoms with Crippen molar-refractivity contribution in [3.8, 4) is 11.5 Å². The summed E-state index contributed by atoms with van der Waals surface area (Å²) in [6.45, 7) is 3.45. The van der Waals surface area contributed by atoms with Crippen LogP contribution in [0, 0.1) is 0 Å². The van der Waals surface area contributed by atoms with E-state index in [0.29, 0.717) is 11.8 Å². The predicted molar refractivity (Wildman–Crippen MR) is 60.2 cm³/mol. The molecule has 0 radical (unpaired) electrons. The molecule has 17 heavy (non-hydrogen) atoms. The Morgan fingerprint density at radius 2 is 2.24 bits per heavy atom. The molecule has 0 bridgehead atoms. The van der Waals surface area contributed by atoms with E-state index >= 15 is 0 Å². The van der Waals surface area contributed by atoms with Gasteiger partial charge in [0.15, 0.2) is 17.6 Å². The number of phenols is 1. The molecule has 1 N–H and O–H groups in total. The summed E-state index contributed by atoms with van der Waals surface area (Å²) in [5, 5.41) is 9.50. The zero-order chi connectivity index (χ0) is 12.8. The fourth-order valence-corrected chi connectivity index (χ4v) is 1.20. The second-order valence-corrected chi connectivity index (χ2v) is 3.36. The van der Waals surface area contributed by atoms with Crippen molar-refractivity contribution in [2.45, 2.75) is 20.0 Å². The van der Waals surface area contributed by atoms with E-state index in [0.717, 1.165) is 0 Å². The van der Waals surface area contributed by atoms with E-state index in [1.165, 1.54) is 25.1 Å². The average molecular weight is 238 g/mol. The molecular formula is C12H14O5. The Labute approximate surface area is 99.0 Å². The molecule has 0 spiro atoms. The summed E-state index contributed by atoms with van der Waals surface area (Å²) in [4.78, 5) is 21.9. The third kappa shape index (κ3) is 3.48. The van der Waals surface area contributed by atoms with Gasteiger partial charge in [0, 0.05) is 5.56 Å². The minimum atomic E-state index is -0.845. The zero-order valence-electron chi connectivity index (χ0n) is 9.67. The van der Waals surface area contributed by atoms with Gasteiger partial charge in [0.2, 0.25) is 0 Å². The van der Waals surface area contributed by atoms with Crippen LogP contribution in [0.3, 0.4) is 0 Å². The lowest BCUT2D eigenvalue weighted by Crippen LogP contribution is -2.26. The molecule has 1 aromatic carbocycles. The van der Waals surface area contributed by atoms with Crippen LogP contribution in [0.15, 0.2) is 18.2 Å². The van der Waals surface area contributed by atoms with Crippen molar-refractivity contribution >= 4 is 12.3 Å².